The van der Waals surface area contributed by atoms with Crippen molar-refractivity contribution in [3.05, 3.63) is 77.6 Å². The number of benzene rings is 2. The third kappa shape index (κ3) is 4.85. The van der Waals surface area contributed by atoms with Crippen LogP contribution in [0.5, 0.6) is 5.75 Å². The second-order valence-electron chi connectivity index (χ2n) is 6.50. The first-order chi connectivity index (χ1) is 12.8. The van der Waals surface area contributed by atoms with Gasteiger partial charge in [0.25, 0.3) is 0 Å². The number of hydrogen-bond donors (Lipinski definition) is 0. The lowest BCUT2D eigenvalue weighted by Gasteiger charge is -2.11. The molecular formula is C23H24O3. The van der Waals surface area contributed by atoms with Gasteiger partial charge in [0.1, 0.15) is 17.8 Å². The molecular weight excluding hydrogens is 324 g/mol. The van der Waals surface area contributed by atoms with Gasteiger partial charge < -0.3 is 9.15 Å². The highest BCUT2D eigenvalue weighted by Crippen LogP contribution is 2.31. The molecule has 0 aliphatic rings. The van der Waals surface area contributed by atoms with Crippen molar-refractivity contribution >= 4 is 6.29 Å². The van der Waals surface area contributed by atoms with Gasteiger partial charge >= 0.3 is 0 Å². The highest BCUT2D eigenvalue weighted by atomic mass is 16.5. The molecule has 3 heteroatoms. The minimum atomic E-state index is 0.613. The van der Waals surface area contributed by atoms with E-state index in [1.165, 1.54) is 11.1 Å². The predicted octanol–water partition coefficient (Wildman–Crippen LogP) is 5.86. The number of carbonyl (C=O) groups is 1. The third-order valence-electron chi connectivity index (χ3n) is 4.41. The molecule has 0 spiro atoms. The zero-order valence-corrected chi connectivity index (χ0v) is 15.1. The molecule has 0 unspecified atom stereocenters. The Hall–Kier alpha value is -2.81. The number of unbranched alkanes of at least 4 members (excludes halogenated alkanes) is 2. The van der Waals surface area contributed by atoms with Gasteiger partial charge in [-0.15, -0.1) is 0 Å². The Labute approximate surface area is 154 Å². The molecule has 0 aliphatic carbocycles. The van der Waals surface area contributed by atoms with E-state index in [-0.39, 0.29) is 0 Å². The summed E-state index contributed by atoms with van der Waals surface area (Å²) in [7, 11) is 0. The topological polar surface area (TPSA) is 39.4 Å². The van der Waals surface area contributed by atoms with Crippen molar-refractivity contribution in [3.63, 3.8) is 0 Å². The Morgan fingerprint density at radius 3 is 2.58 bits per heavy atom. The second kappa shape index (κ2) is 9.04. The van der Waals surface area contributed by atoms with Gasteiger partial charge in [-0.2, -0.15) is 0 Å². The Morgan fingerprint density at radius 1 is 1.00 bits per heavy atom. The average Bonchev–Trinajstić information content (AvgIpc) is 3.20. The van der Waals surface area contributed by atoms with Gasteiger partial charge in [-0.05, 0) is 68.5 Å². The van der Waals surface area contributed by atoms with Crippen LogP contribution in [0.15, 0.2) is 65.3 Å². The van der Waals surface area contributed by atoms with Crippen LogP contribution < -0.4 is 4.74 Å². The van der Waals surface area contributed by atoms with E-state index in [9.17, 15) is 4.79 Å². The largest absolute Gasteiger partial charge is 0.493 e. The Kier molecular flexibility index (Phi) is 6.26. The highest BCUT2D eigenvalue weighted by Gasteiger charge is 2.10. The number of carbonyl (C=O) groups excluding carboxylic acids is 1. The fourth-order valence-corrected chi connectivity index (χ4v) is 2.92. The van der Waals surface area contributed by atoms with Gasteiger partial charge in [0.2, 0.25) is 0 Å². The van der Waals surface area contributed by atoms with Gasteiger partial charge in [0.05, 0.1) is 18.4 Å². The number of ether oxygens (including phenoxy) is 1. The lowest BCUT2D eigenvalue weighted by Crippen LogP contribution is -2.00. The smallest absolute Gasteiger partial charge is 0.150 e. The minimum Gasteiger partial charge on any atom is -0.493 e. The first-order valence-corrected chi connectivity index (χ1v) is 9.08. The molecule has 0 bridgehead atoms. The lowest BCUT2D eigenvalue weighted by molar-refractivity contribution is 0.112. The molecule has 0 radical (unpaired) electrons. The number of aryl methyl sites for hydroxylation is 2. The van der Waals surface area contributed by atoms with Crippen LogP contribution >= 0.6 is 0 Å². The maximum Gasteiger partial charge on any atom is 0.150 e. The van der Waals surface area contributed by atoms with E-state index in [1.807, 2.05) is 18.2 Å². The summed E-state index contributed by atoms with van der Waals surface area (Å²) < 4.78 is 11.4. The normalized spacial score (nSPS) is 10.7. The molecule has 0 saturated carbocycles. The summed E-state index contributed by atoms with van der Waals surface area (Å²) in [5.74, 6) is 1.46. The monoisotopic (exact) mass is 348 g/mol. The number of hydrogen-bond acceptors (Lipinski definition) is 3. The Balaban J connectivity index is 1.49. The maximum absolute atomic E-state index is 11.0. The standard InChI is InChI=1S/C23H24O3/c1-18-8-10-19(11-9-18)6-3-2-4-14-25-23-13-12-20(17-24)16-21(23)22-7-5-15-26-22/h5,7-13,15-17H,2-4,6,14H2,1H3. The summed E-state index contributed by atoms with van der Waals surface area (Å²) in [5.41, 5.74) is 4.12. The Morgan fingerprint density at radius 2 is 1.85 bits per heavy atom. The van der Waals surface area contributed by atoms with Gasteiger partial charge in [0.15, 0.2) is 0 Å². The summed E-state index contributed by atoms with van der Waals surface area (Å²) in [4.78, 5) is 11.0. The summed E-state index contributed by atoms with van der Waals surface area (Å²) >= 11 is 0. The molecule has 134 valence electrons. The quantitative estimate of drug-likeness (QED) is 0.359. The van der Waals surface area contributed by atoms with E-state index in [2.05, 4.69) is 31.2 Å². The lowest BCUT2D eigenvalue weighted by atomic mass is 10.1. The molecule has 0 atom stereocenters. The number of furan rings is 1. The van der Waals surface area contributed by atoms with Crippen molar-refractivity contribution in [2.75, 3.05) is 6.61 Å². The maximum atomic E-state index is 11.0. The van der Waals surface area contributed by atoms with Crippen molar-refractivity contribution in [2.24, 2.45) is 0 Å². The molecule has 1 heterocycles. The van der Waals surface area contributed by atoms with E-state index in [4.69, 9.17) is 9.15 Å². The van der Waals surface area contributed by atoms with Crippen LogP contribution in [0.1, 0.15) is 40.7 Å². The number of aldehydes is 1. The van der Waals surface area contributed by atoms with Gasteiger partial charge in [0, 0.05) is 5.56 Å². The Bertz CT molecular complexity index is 817. The van der Waals surface area contributed by atoms with E-state index in [1.54, 1.807) is 18.4 Å². The third-order valence-corrected chi connectivity index (χ3v) is 4.41. The molecule has 0 fully saturated rings. The van der Waals surface area contributed by atoms with Crippen LogP contribution in [0.4, 0.5) is 0 Å². The van der Waals surface area contributed by atoms with Crippen LogP contribution in [-0.4, -0.2) is 12.9 Å². The summed E-state index contributed by atoms with van der Waals surface area (Å²) in [6.07, 6.45) is 6.84. The fourth-order valence-electron chi connectivity index (χ4n) is 2.92. The van der Waals surface area contributed by atoms with Crippen LogP contribution in [0.25, 0.3) is 11.3 Å². The molecule has 3 nitrogen and oxygen atoms in total. The van der Waals surface area contributed by atoms with Crippen molar-refractivity contribution in [1.82, 2.24) is 0 Å². The second-order valence-corrected chi connectivity index (χ2v) is 6.50. The van der Waals surface area contributed by atoms with Crippen LogP contribution in [0.2, 0.25) is 0 Å². The first kappa shape index (κ1) is 18.0. The SMILES string of the molecule is Cc1ccc(CCCCCOc2ccc(C=O)cc2-c2ccco2)cc1. The molecule has 2 aromatic carbocycles. The molecule has 26 heavy (non-hydrogen) atoms. The molecule has 1 aromatic heterocycles. The van der Waals surface area contributed by atoms with Gasteiger partial charge in [-0.1, -0.05) is 29.8 Å². The highest BCUT2D eigenvalue weighted by molar-refractivity contribution is 5.80. The molecule has 0 N–H and O–H groups in total. The van der Waals surface area contributed by atoms with Crippen LogP contribution in [0.3, 0.4) is 0 Å². The van der Waals surface area contributed by atoms with Gasteiger partial charge in [-0.3, -0.25) is 4.79 Å². The van der Waals surface area contributed by atoms with Crippen LogP contribution in [-0.2, 0) is 6.42 Å². The van der Waals surface area contributed by atoms with Crippen molar-refractivity contribution in [2.45, 2.75) is 32.6 Å². The average molecular weight is 348 g/mol. The zero-order chi connectivity index (χ0) is 18.2. The van der Waals surface area contributed by atoms with Crippen molar-refractivity contribution in [1.29, 1.82) is 0 Å². The molecule has 0 amide bonds. The van der Waals surface area contributed by atoms with E-state index in [0.29, 0.717) is 17.9 Å². The molecule has 0 saturated heterocycles. The van der Waals surface area contributed by atoms with Crippen LogP contribution in [0, 0.1) is 6.92 Å². The summed E-state index contributed by atoms with van der Waals surface area (Å²) in [5, 5.41) is 0. The first-order valence-electron chi connectivity index (χ1n) is 9.08. The van der Waals surface area contributed by atoms with Crippen molar-refractivity contribution in [3.8, 4) is 17.1 Å². The predicted molar refractivity (Wildman–Crippen MR) is 104 cm³/mol. The minimum absolute atomic E-state index is 0.613. The summed E-state index contributed by atoms with van der Waals surface area (Å²) in [6, 6.07) is 17.9. The molecule has 3 aromatic rings. The van der Waals surface area contributed by atoms with E-state index in [0.717, 1.165) is 43.3 Å². The molecule has 0 aliphatic heterocycles. The fraction of sp³-hybridized carbons (Fsp3) is 0.261. The van der Waals surface area contributed by atoms with Crippen molar-refractivity contribution < 1.29 is 13.9 Å². The number of rotatable bonds is 9. The van der Waals surface area contributed by atoms with E-state index < -0.39 is 0 Å². The zero-order valence-electron chi connectivity index (χ0n) is 15.1. The molecule has 3 rings (SSSR count). The van der Waals surface area contributed by atoms with E-state index >= 15 is 0 Å². The summed E-state index contributed by atoms with van der Waals surface area (Å²) in [6.45, 7) is 2.77. The van der Waals surface area contributed by atoms with Gasteiger partial charge in [-0.25, -0.2) is 0 Å².